The number of carboxylic acid groups (broad SMARTS) is 1. The summed E-state index contributed by atoms with van der Waals surface area (Å²) in [5, 5.41) is 11.5. The summed E-state index contributed by atoms with van der Waals surface area (Å²) in [6.07, 6.45) is 2.06. The first-order valence-corrected chi connectivity index (χ1v) is 8.11. The number of rotatable bonds is 6. The van der Waals surface area contributed by atoms with Crippen LogP contribution in [0, 0.1) is 5.92 Å². The molecule has 0 spiro atoms. The van der Waals surface area contributed by atoms with E-state index in [2.05, 4.69) is 26.1 Å². The minimum Gasteiger partial charge on any atom is -0.480 e. The first-order valence-electron chi connectivity index (χ1n) is 7.12. The van der Waals surface area contributed by atoms with E-state index in [9.17, 15) is 9.59 Å². The minimum atomic E-state index is -0.838. The van der Waals surface area contributed by atoms with E-state index in [1.165, 1.54) is 0 Å². The molecule has 116 valence electrons. The van der Waals surface area contributed by atoms with Crippen LogP contribution in [0.3, 0.4) is 0 Å². The average molecular weight is 302 g/mol. The first-order chi connectivity index (χ1) is 9.28. The predicted octanol–water partition coefficient (Wildman–Crippen LogP) is 1.43. The van der Waals surface area contributed by atoms with Gasteiger partial charge in [0.15, 0.2) is 0 Å². The summed E-state index contributed by atoms with van der Waals surface area (Å²) in [7, 11) is 0. The molecule has 0 bridgehead atoms. The number of likely N-dealkylation sites (tertiary alicyclic amines) is 1. The Morgan fingerprint density at radius 3 is 2.70 bits per heavy atom. The van der Waals surface area contributed by atoms with Gasteiger partial charge < -0.3 is 15.3 Å². The highest BCUT2D eigenvalue weighted by Crippen LogP contribution is 2.24. The van der Waals surface area contributed by atoms with Crippen LogP contribution in [0.2, 0.25) is 0 Å². The Kier molecular flexibility index (Phi) is 6.82. The maximum absolute atomic E-state index is 12.2. The van der Waals surface area contributed by atoms with Crippen molar-refractivity contribution in [3.05, 3.63) is 0 Å². The standard InChI is InChI=1S/C14H26N2O3S/c1-14(2,3)20-10-12(17)16-6-4-5-11(9-16)7-15-8-13(18)19/h11,15H,4-10H2,1-3H3,(H,18,19). The molecule has 1 fully saturated rings. The van der Waals surface area contributed by atoms with E-state index in [1.807, 2.05) is 4.90 Å². The number of nitrogens with one attached hydrogen (secondary N) is 1. The topological polar surface area (TPSA) is 69.6 Å². The summed E-state index contributed by atoms with van der Waals surface area (Å²) >= 11 is 1.67. The lowest BCUT2D eigenvalue weighted by atomic mass is 9.98. The number of thioether (sulfide) groups is 1. The molecule has 0 aliphatic carbocycles. The van der Waals surface area contributed by atoms with E-state index in [4.69, 9.17) is 5.11 Å². The van der Waals surface area contributed by atoms with Gasteiger partial charge in [-0.3, -0.25) is 9.59 Å². The second-order valence-corrected chi connectivity index (χ2v) is 8.08. The zero-order valence-electron chi connectivity index (χ0n) is 12.6. The van der Waals surface area contributed by atoms with Crippen LogP contribution in [0.1, 0.15) is 33.6 Å². The van der Waals surface area contributed by atoms with E-state index >= 15 is 0 Å². The second kappa shape index (κ2) is 7.88. The van der Waals surface area contributed by atoms with Gasteiger partial charge in [0.1, 0.15) is 0 Å². The second-order valence-electron chi connectivity index (χ2n) is 6.27. The summed E-state index contributed by atoms with van der Waals surface area (Å²) in [6.45, 7) is 8.57. The molecule has 1 amide bonds. The smallest absolute Gasteiger partial charge is 0.317 e. The van der Waals surface area contributed by atoms with Crippen molar-refractivity contribution in [1.29, 1.82) is 0 Å². The molecule has 1 heterocycles. The predicted molar refractivity (Wildman–Crippen MR) is 82.0 cm³/mol. The highest BCUT2D eigenvalue weighted by atomic mass is 32.2. The first kappa shape index (κ1) is 17.3. The summed E-state index contributed by atoms with van der Waals surface area (Å²) < 4.78 is 0.105. The third kappa shape index (κ3) is 7.14. The van der Waals surface area contributed by atoms with Crippen molar-refractivity contribution in [3.8, 4) is 0 Å². The van der Waals surface area contributed by atoms with Crippen LogP contribution in [0.4, 0.5) is 0 Å². The van der Waals surface area contributed by atoms with Crippen LogP contribution in [-0.4, -0.2) is 58.6 Å². The van der Waals surface area contributed by atoms with Crippen LogP contribution in [0.5, 0.6) is 0 Å². The molecule has 0 aromatic heterocycles. The van der Waals surface area contributed by atoms with Gasteiger partial charge in [0.2, 0.25) is 5.91 Å². The molecule has 1 rings (SSSR count). The lowest BCUT2D eigenvalue weighted by Crippen LogP contribution is -2.44. The van der Waals surface area contributed by atoms with Crippen molar-refractivity contribution in [1.82, 2.24) is 10.2 Å². The van der Waals surface area contributed by atoms with Crippen LogP contribution < -0.4 is 5.32 Å². The molecular weight excluding hydrogens is 276 g/mol. The van der Waals surface area contributed by atoms with E-state index in [0.717, 1.165) is 25.9 Å². The fraction of sp³-hybridized carbons (Fsp3) is 0.857. The normalized spacial score (nSPS) is 19.9. The lowest BCUT2D eigenvalue weighted by molar-refractivity contribution is -0.136. The number of hydrogen-bond donors (Lipinski definition) is 2. The van der Waals surface area contributed by atoms with E-state index < -0.39 is 5.97 Å². The van der Waals surface area contributed by atoms with Gasteiger partial charge >= 0.3 is 5.97 Å². The molecule has 1 aliphatic heterocycles. The van der Waals surface area contributed by atoms with Crippen molar-refractivity contribution < 1.29 is 14.7 Å². The fourth-order valence-electron chi connectivity index (χ4n) is 2.21. The van der Waals surface area contributed by atoms with Gasteiger partial charge in [-0.05, 0) is 18.8 Å². The van der Waals surface area contributed by atoms with Crippen LogP contribution in [0.15, 0.2) is 0 Å². The van der Waals surface area contributed by atoms with Crippen molar-refractivity contribution >= 4 is 23.6 Å². The summed E-state index contributed by atoms with van der Waals surface area (Å²) in [6, 6.07) is 0. The number of carbonyl (C=O) groups excluding carboxylic acids is 1. The molecule has 20 heavy (non-hydrogen) atoms. The Bertz CT molecular complexity index is 342. The number of nitrogens with zero attached hydrogens (tertiary/aromatic N) is 1. The Balaban J connectivity index is 2.32. The highest BCUT2D eigenvalue weighted by molar-refractivity contribution is 8.01. The molecule has 0 saturated carbocycles. The summed E-state index contributed by atoms with van der Waals surface area (Å²) in [4.78, 5) is 24.6. The van der Waals surface area contributed by atoms with Gasteiger partial charge in [-0.25, -0.2) is 0 Å². The quantitative estimate of drug-likeness (QED) is 0.777. The van der Waals surface area contributed by atoms with Gasteiger partial charge in [-0.1, -0.05) is 20.8 Å². The molecule has 0 aromatic rings. The Labute approximate surface area is 125 Å². The molecule has 1 saturated heterocycles. The molecule has 2 N–H and O–H groups in total. The van der Waals surface area contributed by atoms with E-state index in [1.54, 1.807) is 11.8 Å². The maximum atomic E-state index is 12.2. The van der Waals surface area contributed by atoms with Crippen LogP contribution >= 0.6 is 11.8 Å². The number of carboxylic acids is 1. The van der Waals surface area contributed by atoms with Gasteiger partial charge in [0.05, 0.1) is 12.3 Å². The summed E-state index contributed by atoms with van der Waals surface area (Å²) in [5.41, 5.74) is 0. The van der Waals surface area contributed by atoms with Gasteiger partial charge in [0, 0.05) is 24.4 Å². The number of amides is 1. The van der Waals surface area contributed by atoms with Crippen LogP contribution in [-0.2, 0) is 9.59 Å². The number of piperidine rings is 1. The van der Waals surface area contributed by atoms with E-state index in [0.29, 0.717) is 18.2 Å². The highest BCUT2D eigenvalue weighted by Gasteiger charge is 2.24. The minimum absolute atomic E-state index is 0.00960. The molecule has 1 atom stereocenters. The third-order valence-electron chi connectivity index (χ3n) is 3.21. The molecule has 5 nitrogen and oxygen atoms in total. The van der Waals surface area contributed by atoms with Gasteiger partial charge in [0.25, 0.3) is 0 Å². The molecule has 6 heteroatoms. The Morgan fingerprint density at radius 1 is 1.40 bits per heavy atom. The lowest BCUT2D eigenvalue weighted by Gasteiger charge is -2.33. The largest absolute Gasteiger partial charge is 0.480 e. The summed E-state index contributed by atoms with van der Waals surface area (Å²) in [5.74, 6) is 0.258. The Morgan fingerprint density at radius 2 is 2.10 bits per heavy atom. The van der Waals surface area contributed by atoms with Crippen molar-refractivity contribution in [2.24, 2.45) is 5.92 Å². The zero-order chi connectivity index (χ0) is 15.2. The number of aliphatic carboxylic acids is 1. The SMILES string of the molecule is CC(C)(C)SCC(=O)N1CCCC(CNCC(=O)O)C1. The number of hydrogen-bond acceptors (Lipinski definition) is 4. The van der Waals surface area contributed by atoms with Gasteiger partial charge in [-0.2, -0.15) is 0 Å². The van der Waals surface area contributed by atoms with Crippen molar-refractivity contribution in [2.45, 2.75) is 38.4 Å². The number of carbonyl (C=O) groups is 2. The molecular formula is C14H26N2O3S. The maximum Gasteiger partial charge on any atom is 0.317 e. The fourth-order valence-corrected chi connectivity index (χ4v) is 2.95. The van der Waals surface area contributed by atoms with Crippen molar-refractivity contribution in [3.63, 3.8) is 0 Å². The average Bonchev–Trinajstić information content (AvgIpc) is 2.35. The zero-order valence-corrected chi connectivity index (χ0v) is 13.5. The monoisotopic (exact) mass is 302 g/mol. The van der Waals surface area contributed by atoms with Crippen LogP contribution in [0.25, 0.3) is 0 Å². The Hall–Kier alpha value is -0.750. The third-order valence-corrected chi connectivity index (χ3v) is 4.47. The molecule has 1 unspecified atom stereocenters. The molecule has 0 radical (unpaired) electrons. The van der Waals surface area contributed by atoms with Crippen molar-refractivity contribution in [2.75, 3.05) is 31.9 Å². The van der Waals surface area contributed by atoms with E-state index in [-0.39, 0.29) is 17.2 Å². The molecule has 1 aliphatic rings. The molecule has 0 aromatic carbocycles. The van der Waals surface area contributed by atoms with Gasteiger partial charge in [-0.15, -0.1) is 11.8 Å².